The van der Waals surface area contributed by atoms with Crippen LogP contribution in [0.25, 0.3) is 0 Å². The van der Waals surface area contributed by atoms with E-state index in [0.717, 1.165) is 22.8 Å². The zero-order valence-electron chi connectivity index (χ0n) is 16.3. The molecule has 30 heavy (non-hydrogen) atoms. The summed E-state index contributed by atoms with van der Waals surface area (Å²) in [6, 6.07) is 23.7. The van der Waals surface area contributed by atoms with E-state index in [4.69, 9.17) is 0 Å². The molecule has 0 spiro atoms. The second-order valence-electron chi connectivity index (χ2n) is 7.26. The Morgan fingerprint density at radius 2 is 0.667 bits per heavy atom. The van der Waals surface area contributed by atoms with Crippen LogP contribution < -0.4 is 10.6 Å². The summed E-state index contributed by atoms with van der Waals surface area (Å²) in [6.07, 6.45) is 7.31. The fourth-order valence-electron chi connectivity index (χ4n) is 4.04. The number of nitrogens with one attached hydrogen (secondary N) is 2. The van der Waals surface area contributed by atoms with E-state index in [1.54, 1.807) is 0 Å². The van der Waals surface area contributed by atoms with Crippen LogP contribution in [0.15, 0.2) is 97.6 Å². The topological polar surface area (TPSA) is 75.6 Å². The van der Waals surface area contributed by atoms with Crippen molar-refractivity contribution in [3.8, 4) is 0 Å². The van der Waals surface area contributed by atoms with Crippen LogP contribution in [-0.4, -0.2) is 19.9 Å². The monoisotopic (exact) mass is 394 g/mol. The molecule has 4 aromatic heterocycles. The molecule has 0 aromatic carbocycles. The summed E-state index contributed by atoms with van der Waals surface area (Å²) in [5, 5.41) is 7.63. The molecule has 4 aromatic rings. The number of hydrogen-bond acceptors (Lipinski definition) is 6. The van der Waals surface area contributed by atoms with Gasteiger partial charge in [0.05, 0.1) is 46.9 Å². The number of rotatable bonds is 4. The zero-order valence-corrected chi connectivity index (χ0v) is 16.3. The number of nitrogens with zero attached hydrogens (tertiary/aromatic N) is 4. The Hall–Kier alpha value is -3.48. The molecule has 2 N–H and O–H groups in total. The summed E-state index contributed by atoms with van der Waals surface area (Å²) in [5.41, 5.74) is 3.84. The lowest BCUT2D eigenvalue weighted by molar-refractivity contribution is 0.200. The van der Waals surface area contributed by atoms with Gasteiger partial charge in [-0.05, 0) is 48.5 Å². The van der Waals surface area contributed by atoms with E-state index in [1.807, 2.05) is 97.6 Å². The molecule has 0 amide bonds. The molecule has 4 atom stereocenters. The maximum Gasteiger partial charge on any atom is 0.0714 e. The summed E-state index contributed by atoms with van der Waals surface area (Å²) in [6.45, 7) is 0. The number of hydrogen-bond donors (Lipinski definition) is 2. The Balaban J connectivity index is 1.61. The van der Waals surface area contributed by atoms with Crippen molar-refractivity contribution in [2.45, 2.75) is 24.2 Å². The van der Waals surface area contributed by atoms with Crippen LogP contribution in [0.1, 0.15) is 46.9 Å². The molecule has 1 aliphatic rings. The highest BCUT2D eigenvalue weighted by atomic mass is 15.2. The Morgan fingerprint density at radius 1 is 0.400 bits per heavy atom. The Bertz CT molecular complexity index is 884. The highest BCUT2D eigenvalue weighted by molar-refractivity contribution is 5.27. The SMILES string of the molecule is c1ccc(C2NC(c3ccccn3)C(c3ccccn3)NC2c2ccccn2)nc1. The molecule has 6 nitrogen and oxygen atoms in total. The summed E-state index contributed by atoms with van der Waals surface area (Å²) in [7, 11) is 0. The van der Waals surface area contributed by atoms with E-state index in [2.05, 4.69) is 30.6 Å². The molecule has 0 aliphatic carbocycles. The lowest BCUT2D eigenvalue weighted by Gasteiger charge is -2.43. The van der Waals surface area contributed by atoms with Gasteiger partial charge in [0.1, 0.15) is 0 Å². The van der Waals surface area contributed by atoms with Crippen molar-refractivity contribution in [1.82, 2.24) is 30.6 Å². The van der Waals surface area contributed by atoms with Gasteiger partial charge in [0.15, 0.2) is 0 Å². The molecular weight excluding hydrogens is 372 g/mol. The van der Waals surface area contributed by atoms with Crippen LogP contribution >= 0.6 is 0 Å². The summed E-state index contributed by atoms with van der Waals surface area (Å²) in [5.74, 6) is 0. The first-order valence-corrected chi connectivity index (χ1v) is 10.1. The van der Waals surface area contributed by atoms with Crippen molar-refractivity contribution in [3.05, 3.63) is 120 Å². The third kappa shape index (κ3) is 3.70. The smallest absolute Gasteiger partial charge is 0.0714 e. The van der Waals surface area contributed by atoms with Gasteiger partial charge in [0.2, 0.25) is 0 Å². The molecule has 1 aliphatic heterocycles. The molecule has 5 heterocycles. The van der Waals surface area contributed by atoms with Crippen LogP contribution in [0.3, 0.4) is 0 Å². The predicted octanol–water partition coefficient (Wildman–Crippen LogP) is 3.72. The molecular formula is C24H22N6. The van der Waals surface area contributed by atoms with Crippen LogP contribution in [0.4, 0.5) is 0 Å². The minimum atomic E-state index is -0.0759. The van der Waals surface area contributed by atoms with Gasteiger partial charge in [-0.2, -0.15) is 0 Å². The maximum absolute atomic E-state index is 4.64. The van der Waals surface area contributed by atoms with E-state index in [-0.39, 0.29) is 24.2 Å². The van der Waals surface area contributed by atoms with Crippen molar-refractivity contribution >= 4 is 0 Å². The van der Waals surface area contributed by atoms with Crippen molar-refractivity contribution in [2.75, 3.05) is 0 Å². The Labute approximate surface area is 175 Å². The molecule has 148 valence electrons. The van der Waals surface area contributed by atoms with E-state index < -0.39 is 0 Å². The van der Waals surface area contributed by atoms with Gasteiger partial charge < -0.3 is 0 Å². The standard InChI is InChI=1S/C24H22N6/c1-5-13-25-17(9-1)21-22(18-10-2-6-14-26-18)30-24(20-12-4-8-16-28-20)23(29-21)19-11-3-7-15-27-19/h1-16,21-24,29-30H. The van der Waals surface area contributed by atoms with Gasteiger partial charge in [-0.25, -0.2) is 0 Å². The molecule has 1 saturated heterocycles. The molecule has 4 unspecified atom stereocenters. The van der Waals surface area contributed by atoms with Gasteiger partial charge in [0.25, 0.3) is 0 Å². The van der Waals surface area contributed by atoms with Crippen LogP contribution in [0, 0.1) is 0 Å². The van der Waals surface area contributed by atoms with Crippen LogP contribution in [0.2, 0.25) is 0 Å². The Morgan fingerprint density at radius 3 is 0.867 bits per heavy atom. The minimum Gasteiger partial charge on any atom is -0.297 e. The second kappa shape index (κ2) is 8.49. The second-order valence-corrected chi connectivity index (χ2v) is 7.26. The maximum atomic E-state index is 4.64. The number of piperazine rings is 1. The highest BCUT2D eigenvalue weighted by Gasteiger charge is 2.41. The third-order valence-electron chi connectivity index (χ3n) is 5.41. The van der Waals surface area contributed by atoms with Crippen molar-refractivity contribution < 1.29 is 0 Å². The number of pyridine rings is 4. The van der Waals surface area contributed by atoms with Gasteiger partial charge in [0, 0.05) is 24.8 Å². The first-order valence-electron chi connectivity index (χ1n) is 10.1. The van der Waals surface area contributed by atoms with Crippen LogP contribution in [-0.2, 0) is 0 Å². The van der Waals surface area contributed by atoms with Gasteiger partial charge in [-0.3, -0.25) is 30.6 Å². The van der Waals surface area contributed by atoms with Gasteiger partial charge in [-0.1, -0.05) is 24.3 Å². The summed E-state index contributed by atoms with van der Waals surface area (Å²) < 4.78 is 0. The van der Waals surface area contributed by atoms with Crippen molar-refractivity contribution in [3.63, 3.8) is 0 Å². The largest absolute Gasteiger partial charge is 0.297 e. The first-order chi connectivity index (χ1) is 14.9. The zero-order chi connectivity index (χ0) is 20.2. The number of aromatic nitrogens is 4. The van der Waals surface area contributed by atoms with Crippen molar-refractivity contribution in [1.29, 1.82) is 0 Å². The lowest BCUT2D eigenvalue weighted by atomic mass is 9.88. The fourth-order valence-corrected chi connectivity index (χ4v) is 4.04. The molecule has 0 saturated carbocycles. The molecule has 1 fully saturated rings. The van der Waals surface area contributed by atoms with Crippen molar-refractivity contribution in [2.24, 2.45) is 0 Å². The van der Waals surface area contributed by atoms with Gasteiger partial charge in [-0.15, -0.1) is 0 Å². The molecule has 0 bridgehead atoms. The van der Waals surface area contributed by atoms with E-state index >= 15 is 0 Å². The van der Waals surface area contributed by atoms with Gasteiger partial charge >= 0.3 is 0 Å². The summed E-state index contributed by atoms with van der Waals surface area (Å²) in [4.78, 5) is 18.6. The quantitative estimate of drug-likeness (QED) is 0.549. The Kier molecular flexibility index (Phi) is 5.25. The third-order valence-corrected chi connectivity index (χ3v) is 5.41. The molecule has 6 heteroatoms. The summed E-state index contributed by atoms with van der Waals surface area (Å²) >= 11 is 0. The normalized spacial score (nSPS) is 23.7. The molecule has 0 radical (unpaired) electrons. The van der Waals surface area contributed by atoms with E-state index in [9.17, 15) is 0 Å². The predicted molar refractivity (Wildman–Crippen MR) is 114 cm³/mol. The fraction of sp³-hybridized carbons (Fsp3) is 0.167. The average Bonchev–Trinajstić information content (AvgIpc) is 2.85. The van der Waals surface area contributed by atoms with E-state index in [1.165, 1.54) is 0 Å². The highest BCUT2D eigenvalue weighted by Crippen LogP contribution is 2.40. The van der Waals surface area contributed by atoms with E-state index in [0.29, 0.717) is 0 Å². The minimum absolute atomic E-state index is 0.0759. The lowest BCUT2D eigenvalue weighted by Crippen LogP contribution is -2.50. The molecule has 5 rings (SSSR count). The first kappa shape index (κ1) is 18.5. The average molecular weight is 394 g/mol. The van der Waals surface area contributed by atoms with Crippen LogP contribution in [0.5, 0.6) is 0 Å².